The maximum absolute atomic E-state index is 12.6. The van der Waals surface area contributed by atoms with E-state index in [1.165, 1.54) is 11.3 Å². The molecule has 1 aliphatic heterocycles. The van der Waals surface area contributed by atoms with E-state index in [0.717, 1.165) is 40.4 Å². The smallest absolute Gasteiger partial charge is 0.261 e. The SMILES string of the molecule is Cc1cc(C(=O)NC2CCNCC2C)sc1-c1cccc(Cl)c1. The minimum absolute atomic E-state index is 0.0325. The van der Waals surface area contributed by atoms with Gasteiger partial charge in [0.25, 0.3) is 5.91 Å². The van der Waals surface area contributed by atoms with Crippen LogP contribution >= 0.6 is 22.9 Å². The van der Waals surface area contributed by atoms with Gasteiger partial charge in [-0.2, -0.15) is 0 Å². The summed E-state index contributed by atoms with van der Waals surface area (Å²) in [4.78, 5) is 14.4. The van der Waals surface area contributed by atoms with Gasteiger partial charge in [-0.05, 0) is 61.7 Å². The van der Waals surface area contributed by atoms with Gasteiger partial charge < -0.3 is 10.6 Å². The number of carbonyl (C=O) groups is 1. The first-order valence-electron chi connectivity index (χ1n) is 7.92. The number of amides is 1. The monoisotopic (exact) mass is 348 g/mol. The van der Waals surface area contributed by atoms with Gasteiger partial charge in [-0.1, -0.05) is 30.7 Å². The summed E-state index contributed by atoms with van der Waals surface area (Å²) in [5.74, 6) is 0.492. The van der Waals surface area contributed by atoms with Crippen molar-refractivity contribution in [1.29, 1.82) is 0 Å². The topological polar surface area (TPSA) is 41.1 Å². The Kier molecular flexibility index (Phi) is 5.05. The molecule has 23 heavy (non-hydrogen) atoms. The lowest BCUT2D eigenvalue weighted by Crippen LogP contribution is -2.48. The molecule has 2 atom stereocenters. The van der Waals surface area contributed by atoms with Crippen molar-refractivity contribution in [3.8, 4) is 10.4 Å². The zero-order chi connectivity index (χ0) is 16.4. The molecule has 2 unspecified atom stereocenters. The predicted octanol–water partition coefficient (Wildman–Crippen LogP) is 4.10. The number of nitrogens with one attached hydrogen (secondary N) is 2. The van der Waals surface area contributed by atoms with Crippen LogP contribution in [0, 0.1) is 12.8 Å². The van der Waals surface area contributed by atoms with Crippen molar-refractivity contribution < 1.29 is 4.79 Å². The van der Waals surface area contributed by atoms with Gasteiger partial charge in [0.05, 0.1) is 4.88 Å². The number of carbonyl (C=O) groups excluding carboxylic acids is 1. The zero-order valence-electron chi connectivity index (χ0n) is 13.4. The third-order valence-electron chi connectivity index (χ3n) is 4.33. The molecule has 1 aliphatic rings. The Morgan fingerprint density at radius 2 is 2.22 bits per heavy atom. The molecule has 3 rings (SSSR count). The van der Waals surface area contributed by atoms with Gasteiger partial charge in [0, 0.05) is 15.9 Å². The first-order chi connectivity index (χ1) is 11.0. The lowest BCUT2D eigenvalue weighted by atomic mass is 9.95. The summed E-state index contributed by atoms with van der Waals surface area (Å²) in [6, 6.07) is 9.99. The summed E-state index contributed by atoms with van der Waals surface area (Å²) in [5.41, 5.74) is 2.18. The summed E-state index contributed by atoms with van der Waals surface area (Å²) in [7, 11) is 0. The van der Waals surface area contributed by atoms with Gasteiger partial charge in [0.1, 0.15) is 0 Å². The highest BCUT2D eigenvalue weighted by atomic mass is 35.5. The molecule has 0 bridgehead atoms. The van der Waals surface area contributed by atoms with E-state index >= 15 is 0 Å². The number of hydrogen-bond donors (Lipinski definition) is 2. The van der Waals surface area contributed by atoms with Crippen molar-refractivity contribution in [3.05, 3.63) is 45.8 Å². The number of halogens is 1. The third kappa shape index (κ3) is 3.77. The quantitative estimate of drug-likeness (QED) is 0.876. The number of thiophene rings is 1. The molecule has 1 aromatic carbocycles. The summed E-state index contributed by atoms with van der Waals surface area (Å²) in [6.45, 7) is 6.14. The molecule has 3 nitrogen and oxygen atoms in total. The van der Waals surface area contributed by atoms with Gasteiger partial charge in [0.2, 0.25) is 0 Å². The molecule has 2 heterocycles. The maximum Gasteiger partial charge on any atom is 0.261 e. The Labute approximate surface area is 146 Å². The summed E-state index contributed by atoms with van der Waals surface area (Å²) >= 11 is 7.61. The minimum Gasteiger partial charge on any atom is -0.348 e. The van der Waals surface area contributed by atoms with Crippen LogP contribution in [0.15, 0.2) is 30.3 Å². The summed E-state index contributed by atoms with van der Waals surface area (Å²) in [5, 5.41) is 7.26. The largest absolute Gasteiger partial charge is 0.348 e. The molecule has 1 aromatic heterocycles. The molecular weight excluding hydrogens is 328 g/mol. The van der Waals surface area contributed by atoms with E-state index in [4.69, 9.17) is 11.6 Å². The van der Waals surface area contributed by atoms with E-state index < -0.39 is 0 Å². The van der Waals surface area contributed by atoms with Crippen LogP contribution in [0.3, 0.4) is 0 Å². The fraction of sp³-hybridized carbons (Fsp3) is 0.389. The van der Waals surface area contributed by atoms with Gasteiger partial charge in [-0.3, -0.25) is 4.79 Å². The van der Waals surface area contributed by atoms with Crippen molar-refractivity contribution in [1.82, 2.24) is 10.6 Å². The highest BCUT2D eigenvalue weighted by Crippen LogP contribution is 2.33. The molecule has 2 N–H and O–H groups in total. The Hall–Kier alpha value is -1.36. The standard InChI is InChI=1S/C18H21ClN2OS/c1-11-8-16(18(22)21-15-6-7-20-10-12(15)2)23-17(11)13-4-3-5-14(19)9-13/h3-5,8-9,12,15,20H,6-7,10H2,1-2H3,(H,21,22). The van der Waals surface area contributed by atoms with E-state index in [0.29, 0.717) is 10.9 Å². The third-order valence-corrected chi connectivity index (χ3v) is 5.85. The highest BCUT2D eigenvalue weighted by Gasteiger charge is 2.24. The number of piperidine rings is 1. The number of rotatable bonds is 3. The van der Waals surface area contributed by atoms with E-state index in [2.05, 4.69) is 17.6 Å². The predicted molar refractivity (Wildman–Crippen MR) is 97.4 cm³/mol. The van der Waals surface area contributed by atoms with Gasteiger partial charge >= 0.3 is 0 Å². The van der Waals surface area contributed by atoms with Crippen molar-refractivity contribution in [2.45, 2.75) is 26.3 Å². The summed E-state index contributed by atoms with van der Waals surface area (Å²) in [6.07, 6.45) is 0.985. The minimum atomic E-state index is 0.0325. The second kappa shape index (κ2) is 7.04. The van der Waals surface area contributed by atoms with Gasteiger partial charge in [-0.25, -0.2) is 0 Å². The Morgan fingerprint density at radius 1 is 1.39 bits per heavy atom. The van der Waals surface area contributed by atoms with Crippen LogP contribution in [0.5, 0.6) is 0 Å². The van der Waals surface area contributed by atoms with Crippen LogP contribution in [0.2, 0.25) is 5.02 Å². The molecule has 0 saturated carbocycles. The van der Waals surface area contributed by atoms with Crippen LogP contribution in [0.25, 0.3) is 10.4 Å². The lowest BCUT2D eigenvalue weighted by Gasteiger charge is -2.30. The number of aryl methyl sites for hydroxylation is 1. The molecule has 0 spiro atoms. The first-order valence-corrected chi connectivity index (χ1v) is 9.12. The van der Waals surface area contributed by atoms with Crippen molar-refractivity contribution >= 4 is 28.8 Å². The summed E-state index contributed by atoms with van der Waals surface area (Å²) < 4.78 is 0. The average molecular weight is 349 g/mol. The van der Waals surface area contributed by atoms with Crippen LogP contribution in [-0.4, -0.2) is 25.0 Å². The zero-order valence-corrected chi connectivity index (χ0v) is 14.9. The normalized spacial score (nSPS) is 21.2. The number of hydrogen-bond acceptors (Lipinski definition) is 3. The fourth-order valence-electron chi connectivity index (χ4n) is 2.98. The Bertz CT molecular complexity index is 713. The molecular formula is C18H21ClN2OS. The average Bonchev–Trinajstić information content (AvgIpc) is 2.92. The van der Waals surface area contributed by atoms with E-state index in [9.17, 15) is 4.79 Å². The van der Waals surface area contributed by atoms with Gasteiger partial charge in [0.15, 0.2) is 0 Å². The molecule has 122 valence electrons. The molecule has 0 radical (unpaired) electrons. The number of benzene rings is 1. The lowest BCUT2D eigenvalue weighted by molar-refractivity contribution is 0.0918. The van der Waals surface area contributed by atoms with E-state index in [1.54, 1.807) is 0 Å². The van der Waals surface area contributed by atoms with Crippen molar-refractivity contribution in [2.75, 3.05) is 13.1 Å². The molecule has 5 heteroatoms. The van der Waals surface area contributed by atoms with Crippen LogP contribution in [0.4, 0.5) is 0 Å². The molecule has 1 saturated heterocycles. The van der Waals surface area contributed by atoms with E-state index in [-0.39, 0.29) is 11.9 Å². The van der Waals surface area contributed by atoms with Crippen LogP contribution in [-0.2, 0) is 0 Å². The second-order valence-electron chi connectivity index (χ2n) is 6.18. The van der Waals surface area contributed by atoms with E-state index in [1.807, 2.05) is 37.3 Å². The maximum atomic E-state index is 12.6. The van der Waals surface area contributed by atoms with Crippen LogP contribution < -0.4 is 10.6 Å². The van der Waals surface area contributed by atoms with Crippen molar-refractivity contribution in [2.24, 2.45) is 5.92 Å². The molecule has 1 fully saturated rings. The second-order valence-corrected chi connectivity index (χ2v) is 7.67. The molecule has 0 aliphatic carbocycles. The van der Waals surface area contributed by atoms with Gasteiger partial charge in [-0.15, -0.1) is 11.3 Å². The Balaban J connectivity index is 1.78. The fourth-order valence-corrected chi connectivity index (χ4v) is 4.24. The first kappa shape index (κ1) is 16.5. The molecule has 2 aromatic rings. The van der Waals surface area contributed by atoms with Crippen LogP contribution in [0.1, 0.15) is 28.6 Å². The molecule has 1 amide bonds. The highest BCUT2D eigenvalue weighted by molar-refractivity contribution is 7.17. The van der Waals surface area contributed by atoms with Crippen molar-refractivity contribution in [3.63, 3.8) is 0 Å². The Morgan fingerprint density at radius 3 is 2.96 bits per heavy atom.